The van der Waals surface area contributed by atoms with Crippen LogP contribution in [-0.2, 0) is 0 Å². The average molecular weight is 168 g/mol. The van der Waals surface area contributed by atoms with Crippen molar-refractivity contribution in [1.82, 2.24) is 9.97 Å². The lowest BCUT2D eigenvalue weighted by molar-refractivity contribution is 1.17. The maximum Gasteiger partial charge on any atom is 0.115 e. The van der Waals surface area contributed by atoms with Gasteiger partial charge in [-0.1, -0.05) is 0 Å². The highest BCUT2D eigenvalue weighted by Crippen LogP contribution is 1.88. The quantitative estimate of drug-likeness (QED) is 0.626. The van der Waals surface area contributed by atoms with Crippen LogP contribution in [0.1, 0.15) is 0 Å². The number of rotatable bonds is 0. The van der Waals surface area contributed by atoms with Crippen LogP contribution >= 0.6 is 24.8 Å². The summed E-state index contributed by atoms with van der Waals surface area (Å²) in [5.41, 5.74) is 5.83. The van der Waals surface area contributed by atoms with Crippen LogP contribution in [0.4, 0.5) is 5.69 Å². The molecule has 0 amide bonds. The van der Waals surface area contributed by atoms with Crippen LogP contribution in [-0.4, -0.2) is 9.97 Å². The van der Waals surface area contributed by atoms with Gasteiger partial charge in [0.25, 0.3) is 0 Å². The summed E-state index contributed by atoms with van der Waals surface area (Å²) in [5, 5.41) is 0. The summed E-state index contributed by atoms with van der Waals surface area (Å²) >= 11 is 0. The molecule has 0 aromatic carbocycles. The van der Waals surface area contributed by atoms with E-state index in [1.165, 1.54) is 6.33 Å². The van der Waals surface area contributed by atoms with Gasteiger partial charge in [0.05, 0.1) is 18.1 Å². The van der Waals surface area contributed by atoms with E-state index in [1.807, 2.05) is 0 Å². The molecule has 0 bridgehead atoms. The SMILES string of the molecule is Cl.Cl.Nc1cncnc1. The third kappa shape index (κ3) is 4.00. The molecule has 0 fully saturated rings. The first-order chi connectivity index (χ1) is 3.39. The monoisotopic (exact) mass is 167 g/mol. The molecule has 0 atom stereocenters. The standard InChI is InChI=1S/C4H5N3.2ClH/c5-4-1-6-3-7-2-4;;/h1-3H,5H2;2*1H. The van der Waals surface area contributed by atoms with Crippen LogP contribution in [0.15, 0.2) is 18.7 Å². The summed E-state index contributed by atoms with van der Waals surface area (Å²) in [6, 6.07) is 0. The Bertz CT molecular complexity index is 144. The molecule has 0 aliphatic carbocycles. The Labute approximate surface area is 65.5 Å². The van der Waals surface area contributed by atoms with Gasteiger partial charge in [0.1, 0.15) is 6.33 Å². The zero-order chi connectivity index (χ0) is 5.11. The minimum Gasteiger partial charge on any atom is -0.396 e. The van der Waals surface area contributed by atoms with Gasteiger partial charge in [-0.15, -0.1) is 24.8 Å². The van der Waals surface area contributed by atoms with Crippen molar-refractivity contribution in [1.29, 1.82) is 0 Å². The van der Waals surface area contributed by atoms with Crippen molar-refractivity contribution >= 4 is 30.5 Å². The van der Waals surface area contributed by atoms with E-state index >= 15 is 0 Å². The highest BCUT2D eigenvalue weighted by molar-refractivity contribution is 5.85. The lowest BCUT2D eigenvalue weighted by Crippen LogP contribution is -1.85. The van der Waals surface area contributed by atoms with E-state index in [0.29, 0.717) is 5.69 Å². The average Bonchev–Trinajstić information content (AvgIpc) is 1.69. The van der Waals surface area contributed by atoms with Gasteiger partial charge < -0.3 is 5.73 Å². The second kappa shape index (κ2) is 5.59. The predicted octanol–water partition coefficient (Wildman–Crippen LogP) is 0.902. The fourth-order valence-corrected chi connectivity index (χ4v) is 0.311. The van der Waals surface area contributed by atoms with Crippen molar-refractivity contribution in [3.63, 3.8) is 0 Å². The van der Waals surface area contributed by atoms with Gasteiger partial charge in [-0.3, -0.25) is 0 Å². The van der Waals surface area contributed by atoms with Crippen molar-refractivity contribution in [2.45, 2.75) is 0 Å². The molecule has 0 saturated carbocycles. The predicted molar refractivity (Wildman–Crippen MR) is 40.9 cm³/mol. The largest absolute Gasteiger partial charge is 0.396 e. The van der Waals surface area contributed by atoms with Crippen LogP contribution in [0.2, 0.25) is 0 Å². The molecule has 0 radical (unpaired) electrons. The van der Waals surface area contributed by atoms with E-state index in [9.17, 15) is 0 Å². The molecule has 0 unspecified atom stereocenters. The highest BCUT2D eigenvalue weighted by atomic mass is 35.5. The first kappa shape index (κ1) is 11.3. The second-order valence-corrected chi connectivity index (χ2v) is 1.17. The van der Waals surface area contributed by atoms with Crippen LogP contribution in [0.25, 0.3) is 0 Å². The zero-order valence-corrected chi connectivity index (χ0v) is 6.15. The summed E-state index contributed by atoms with van der Waals surface area (Å²) in [7, 11) is 0. The zero-order valence-electron chi connectivity index (χ0n) is 4.52. The number of hydrogen-bond donors (Lipinski definition) is 1. The molecule has 1 aromatic rings. The Hall–Kier alpha value is -0.540. The molecule has 52 valence electrons. The Balaban J connectivity index is 0. The molecular formula is C4H7Cl2N3. The van der Waals surface area contributed by atoms with Crippen LogP contribution < -0.4 is 5.73 Å². The number of aromatic nitrogens is 2. The van der Waals surface area contributed by atoms with Crippen molar-refractivity contribution in [3.05, 3.63) is 18.7 Å². The molecule has 0 aliphatic heterocycles. The van der Waals surface area contributed by atoms with Gasteiger partial charge in [-0.25, -0.2) is 9.97 Å². The van der Waals surface area contributed by atoms with Crippen LogP contribution in [0.3, 0.4) is 0 Å². The van der Waals surface area contributed by atoms with E-state index in [4.69, 9.17) is 5.73 Å². The fourth-order valence-electron chi connectivity index (χ4n) is 0.311. The van der Waals surface area contributed by atoms with Gasteiger partial charge in [0.2, 0.25) is 0 Å². The Morgan fingerprint density at radius 1 is 1.11 bits per heavy atom. The second-order valence-electron chi connectivity index (χ2n) is 1.17. The summed E-state index contributed by atoms with van der Waals surface area (Å²) < 4.78 is 0. The third-order valence-corrected chi connectivity index (χ3v) is 0.581. The Morgan fingerprint density at radius 2 is 1.56 bits per heavy atom. The summed E-state index contributed by atoms with van der Waals surface area (Å²) in [6.07, 6.45) is 4.54. The third-order valence-electron chi connectivity index (χ3n) is 0.581. The summed E-state index contributed by atoms with van der Waals surface area (Å²) in [5.74, 6) is 0. The number of anilines is 1. The molecular weight excluding hydrogens is 161 g/mol. The van der Waals surface area contributed by atoms with E-state index in [2.05, 4.69) is 9.97 Å². The minimum atomic E-state index is 0. The number of nitrogen functional groups attached to an aromatic ring is 1. The van der Waals surface area contributed by atoms with Gasteiger partial charge in [0, 0.05) is 0 Å². The smallest absolute Gasteiger partial charge is 0.115 e. The van der Waals surface area contributed by atoms with Crippen molar-refractivity contribution in [2.75, 3.05) is 5.73 Å². The minimum absolute atomic E-state index is 0. The van der Waals surface area contributed by atoms with E-state index in [0.717, 1.165) is 0 Å². The van der Waals surface area contributed by atoms with Gasteiger partial charge in [-0.05, 0) is 0 Å². The molecule has 2 N–H and O–H groups in total. The lowest BCUT2D eigenvalue weighted by atomic mass is 10.6. The number of nitrogens with zero attached hydrogens (tertiary/aromatic N) is 2. The molecule has 1 aromatic heterocycles. The maximum atomic E-state index is 5.23. The van der Waals surface area contributed by atoms with Gasteiger partial charge in [0.15, 0.2) is 0 Å². The molecule has 0 spiro atoms. The Kier molecular flexibility index (Phi) is 7.01. The normalized spacial score (nSPS) is 6.67. The molecule has 3 nitrogen and oxygen atoms in total. The molecule has 0 saturated heterocycles. The van der Waals surface area contributed by atoms with Gasteiger partial charge in [-0.2, -0.15) is 0 Å². The topological polar surface area (TPSA) is 51.8 Å². The van der Waals surface area contributed by atoms with Crippen molar-refractivity contribution < 1.29 is 0 Å². The number of halogens is 2. The fraction of sp³-hybridized carbons (Fsp3) is 0. The van der Waals surface area contributed by atoms with Crippen molar-refractivity contribution in [2.24, 2.45) is 0 Å². The lowest BCUT2D eigenvalue weighted by Gasteiger charge is -1.82. The molecule has 0 aliphatic rings. The van der Waals surface area contributed by atoms with Gasteiger partial charge >= 0.3 is 0 Å². The molecule has 1 heterocycles. The first-order valence-corrected chi connectivity index (χ1v) is 1.90. The van der Waals surface area contributed by atoms with E-state index in [1.54, 1.807) is 12.4 Å². The van der Waals surface area contributed by atoms with Crippen molar-refractivity contribution in [3.8, 4) is 0 Å². The highest BCUT2D eigenvalue weighted by Gasteiger charge is 1.74. The summed E-state index contributed by atoms with van der Waals surface area (Å²) in [6.45, 7) is 0. The van der Waals surface area contributed by atoms with Crippen LogP contribution in [0, 0.1) is 0 Å². The van der Waals surface area contributed by atoms with Crippen LogP contribution in [0.5, 0.6) is 0 Å². The van der Waals surface area contributed by atoms with E-state index in [-0.39, 0.29) is 24.8 Å². The molecule has 1 rings (SSSR count). The van der Waals surface area contributed by atoms with E-state index < -0.39 is 0 Å². The summed E-state index contributed by atoms with van der Waals surface area (Å²) in [4.78, 5) is 7.30. The molecule has 5 heteroatoms. The maximum absolute atomic E-state index is 5.23. The number of nitrogens with two attached hydrogens (primary N) is 1. The molecule has 9 heavy (non-hydrogen) atoms. The first-order valence-electron chi connectivity index (χ1n) is 1.90. The number of hydrogen-bond acceptors (Lipinski definition) is 3. The Morgan fingerprint density at radius 3 is 1.78 bits per heavy atom.